The Kier molecular flexibility index (Phi) is 3.62. The monoisotopic (exact) mass is 330 g/mol. The van der Waals surface area contributed by atoms with Crippen molar-refractivity contribution >= 4 is 17.0 Å². The van der Waals surface area contributed by atoms with Crippen LogP contribution in [0.25, 0.3) is 11.2 Å². The number of aliphatic hydroxyl groups excluding tert-OH is 2. The Labute approximate surface area is 137 Å². The van der Waals surface area contributed by atoms with Gasteiger partial charge < -0.3 is 19.7 Å². The van der Waals surface area contributed by atoms with Crippen molar-refractivity contribution in [1.82, 2.24) is 34.3 Å². The second kappa shape index (κ2) is 5.80. The van der Waals surface area contributed by atoms with E-state index in [9.17, 15) is 10.2 Å². The van der Waals surface area contributed by atoms with E-state index in [0.29, 0.717) is 17.7 Å². The van der Waals surface area contributed by atoms with E-state index >= 15 is 0 Å². The van der Waals surface area contributed by atoms with Gasteiger partial charge >= 0.3 is 0 Å². The fraction of sp³-hybridized carbons (Fsp3) is 0.500. The molecule has 3 aromatic rings. The average molecular weight is 330 g/mol. The largest absolute Gasteiger partial charge is 0.394 e. The fourth-order valence-electron chi connectivity index (χ4n) is 3.01. The van der Waals surface area contributed by atoms with E-state index in [1.165, 1.54) is 6.33 Å². The maximum atomic E-state index is 9.41. The zero-order valence-corrected chi connectivity index (χ0v) is 13.2. The van der Waals surface area contributed by atoms with Crippen LogP contribution < -0.4 is 4.90 Å². The minimum Gasteiger partial charge on any atom is -0.394 e. The highest BCUT2D eigenvalue weighted by Gasteiger charge is 2.24. The quantitative estimate of drug-likeness (QED) is 0.643. The molecule has 4 rings (SSSR count). The first-order chi connectivity index (χ1) is 11.7. The van der Waals surface area contributed by atoms with Gasteiger partial charge in [-0.05, 0) is 6.92 Å². The molecule has 3 aromatic heterocycles. The van der Waals surface area contributed by atoms with Gasteiger partial charge in [0.15, 0.2) is 17.0 Å². The van der Waals surface area contributed by atoms with Crippen molar-refractivity contribution in [1.29, 1.82) is 0 Å². The number of fused-ring (bicyclic) bond motifs is 2. The molecule has 0 aromatic carbocycles. The molecule has 0 saturated heterocycles. The van der Waals surface area contributed by atoms with Crippen molar-refractivity contribution in [3.8, 4) is 0 Å². The van der Waals surface area contributed by atoms with Crippen LogP contribution >= 0.6 is 0 Å². The molecule has 0 radical (unpaired) electrons. The zero-order valence-electron chi connectivity index (χ0n) is 13.2. The van der Waals surface area contributed by atoms with Gasteiger partial charge in [0.05, 0.1) is 38.7 Å². The number of nitrogens with zero attached hydrogens (tertiary/aromatic N) is 8. The molecule has 10 heteroatoms. The minimum absolute atomic E-state index is 0.187. The van der Waals surface area contributed by atoms with Gasteiger partial charge in [-0.3, -0.25) is 0 Å². The predicted octanol–water partition coefficient (Wildman–Crippen LogP) is -0.728. The van der Waals surface area contributed by atoms with Crippen molar-refractivity contribution < 1.29 is 10.2 Å². The number of aliphatic hydroxyl groups is 2. The molecule has 24 heavy (non-hydrogen) atoms. The highest BCUT2D eigenvalue weighted by Crippen LogP contribution is 2.26. The van der Waals surface area contributed by atoms with Crippen LogP contribution in [0, 0.1) is 6.92 Å². The molecule has 0 saturated carbocycles. The van der Waals surface area contributed by atoms with Crippen LogP contribution in [0.1, 0.15) is 17.7 Å². The van der Waals surface area contributed by atoms with Crippen molar-refractivity contribution in [2.45, 2.75) is 26.1 Å². The van der Waals surface area contributed by atoms with Gasteiger partial charge in [-0.15, -0.1) is 0 Å². The number of aromatic nitrogens is 7. The second-order valence-electron chi connectivity index (χ2n) is 5.76. The molecule has 10 nitrogen and oxygen atoms in total. The Bertz CT molecular complexity index is 869. The topological polar surface area (TPSA) is 118 Å². The molecule has 0 unspecified atom stereocenters. The maximum Gasteiger partial charge on any atom is 0.165 e. The average Bonchev–Trinajstić information content (AvgIpc) is 3.18. The second-order valence-corrected chi connectivity index (χ2v) is 5.76. The lowest BCUT2D eigenvalue weighted by Gasteiger charge is -2.27. The summed E-state index contributed by atoms with van der Waals surface area (Å²) in [4.78, 5) is 19.6. The molecule has 1 aliphatic rings. The van der Waals surface area contributed by atoms with Gasteiger partial charge in [-0.2, -0.15) is 5.10 Å². The fourth-order valence-corrected chi connectivity index (χ4v) is 3.01. The van der Waals surface area contributed by atoms with E-state index in [1.54, 1.807) is 10.9 Å². The van der Waals surface area contributed by atoms with Crippen LogP contribution in [-0.4, -0.2) is 64.3 Å². The van der Waals surface area contributed by atoms with Gasteiger partial charge in [0.25, 0.3) is 0 Å². The predicted molar refractivity (Wildman–Crippen MR) is 84.3 cm³/mol. The lowest BCUT2D eigenvalue weighted by atomic mass is 10.3. The molecule has 1 aliphatic heterocycles. The molecule has 0 spiro atoms. The molecule has 0 aliphatic carbocycles. The molecule has 0 amide bonds. The zero-order chi connectivity index (χ0) is 16.7. The van der Waals surface area contributed by atoms with Gasteiger partial charge in [0.2, 0.25) is 0 Å². The molecule has 0 fully saturated rings. The summed E-state index contributed by atoms with van der Waals surface area (Å²) < 4.78 is 3.59. The SMILES string of the molecule is Cc1nc2n(n1)CCN(c1ncnc3c1ncn3C(CO)CO)C2. The molecule has 4 heterocycles. The molecular formula is C14H18N8O2. The number of aryl methyl sites for hydroxylation is 1. The standard InChI is InChI=1S/C14H18N8O2/c1-9-18-11-4-20(2-3-22(11)19-9)13-12-14(16-7-15-13)21(8-17-12)10(5-23)6-24/h7-8,10,23-24H,2-6H2,1H3. The Morgan fingerprint density at radius 1 is 1.17 bits per heavy atom. The number of anilines is 1. The first kappa shape index (κ1) is 15.0. The van der Waals surface area contributed by atoms with Crippen LogP contribution in [-0.2, 0) is 13.1 Å². The van der Waals surface area contributed by atoms with Gasteiger partial charge in [-0.25, -0.2) is 24.6 Å². The highest BCUT2D eigenvalue weighted by atomic mass is 16.3. The Morgan fingerprint density at radius 2 is 2.00 bits per heavy atom. The van der Waals surface area contributed by atoms with E-state index in [2.05, 4.69) is 29.9 Å². The van der Waals surface area contributed by atoms with Crippen molar-refractivity contribution in [3.05, 3.63) is 24.3 Å². The van der Waals surface area contributed by atoms with E-state index in [0.717, 1.165) is 30.6 Å². The summed E-state index contributed by atoms with van der Waals surface area (Å²) in [5.74, 6) is 2.38. The lowest BCUT2D eigenvalue weighted by Crippen LogP contribution is -2.35. The van der Waals surface area contributed by atoms with Crippen LogP contribution in [0.2, 0.25) is 0 Å². The first-order valence-corrected chi connectivity index (χ1v) is 7.75. The summed E-state index contributed by atoms with van der Waals surface area (Å²) in [6.45, 7) is 3.59. The Morgan fingerprint density at radius 3 is 2.79 bits per heavy atom. The highest BCUT2D eigenvalue weighted by molar-refractivity contribution is 5.83. The molecule has 2 N–H and O–H groups in total. The van der Waals surface area contributed by atoms with Crippen LogP contribution in [0.4, 0.5) is 5.82 Å². The normalized spacial score (nSPS) is 14.6. The van der Waals surface area contributed by atoms with Gasteiger partial charge in [0.1, 0.15) is 18.0 Å². The van der Waals surface area contributed by atoms with Crippen LogP contribution in [0.5, 0.6) is 0 Å². The van der Waals surface area contributed by atoms with Crippen molar-refractivity contribution in [3.63, 3.8) is 0 Å². The van der Waals surface area contributed by atoms with E-state index in [1.807, 2.05) is 11.6 Å². The maximum absolute atomic E-state index is 9.41. The molecule has 0 bridgehead atoms. The third-order valence-electron chi connectivity index (χ3n) is 4.22. The van der Waals surface area contributed by atoms with Crippen molar-refractivity contribution in [2.24, 2.45) is 0 Å². The van der Waals surface area contributed by atoms with E-state index in [-0.39, 0.29) is 13.2 Å². The number of rotatable bonds is 4. The third kappa shape index (κ3) is 2.31. The van der Waals surface area contributed by atoms with E-state index in [4.69, 9.17) is 0 Å². The third-order valence-corrected chi connectivity index (χ3v) is 4.22. The summed E-state index contributed by atoms with van der Waals surface area (Å²) in [5, 5.41) is 23.2. The van der Waals surface area contributed by atoms with Crippen molar-refractivity contribution in [2.75, 3.05) is 24.7 Å². The minimum atomic E-state index is -0.468. The lowest BCUT2D eigenvalue weighted by molar-refractivity contribution is 0.156. The number of hydrogen-bond donors (Lipinski definition) is 2. The summed E-state index contributed by atoms with van der Waals surface area (Å²) in [6, 6.07) is -0.468. The number of imidazole rings is 1. The molecule has 0 atom stereocenters. The first-order valence-electron chi connectivity index (χ1n) is 7.75. The summed E-state index contributed by atoms with van der Waals surface area (Å²) >= 11 is 0. The summed E-state index contributed by atoms with van der Waals surface area (Å²) in [5.41, 5.74) is 1.24. The Balaban J connectivity index is 1.73. The van der Waals surface area contributed by atoms with Crippen LogP contribution in [0.15, 0.2) is 12.7 Å². The summed E-state index contributed by atoms with van der Waals surface area (Å²) in [6.07, 6.45) is 3.06. The molecule has 126 valence electrons. The summed E-state index contributed by atoms with van der Waals surface area (Å²) in [7, 11) is 0. The van der Waals surface area contributed by atoms with Gasteiger partial charge in [-0.1, -0.05) is 0 Å². The van der Waals surface area contributed by atoms with Crippen LogP contribution in [0.3, 0.4) is 0 Å². The molecular weight excluding hydrogens is 312 g/mol. The Hall–Kier alpha value is -2.59. The number of hydrogen-bond acceptors (Lipinski definition) is 8. The van der Waals surface area contributed by atoms with Gasteiger partial charge in [0, 0.05) is 6.54 Å². The smallest absolute Gasteiger partial charge is 0.165 e. The van der Waals surface area contributed by atoms with E-state index < -0.39 is 6.04 Å².